The van der Waals surface area contributed by atoms with Crippen LogP contribution in [-0.2, 0) is 6.61 Å². The van der Waals surface area contributed by atoms with Crippen molar-refractivity contribution in [1.29, 1.82) is 0 Å². The first kappa shape index (κ1) is 23.8. The van der Waals surface area contributed by atoms with Crippen LogP contribution in [-0.4, -0.2) is 27.7 Å². The first-order valence-electron chi connectivity index (χ1n) is 9.60. The largest absolute Gasteiger partial charge is 0.490 e. The van der Waals surface area contributed by atoms with Crippen molar-refractivity contribution < 1.29 is 19.3 Å². The number of nitro groups is 2. The lowest BCUT2D eigenvalue weighted by Gasteiger charge is -2.14. The number of nitrogens with zero attached hydrogens (tertiary/aromatic N) is 4. The molecule has 0 aliphatic rings. The lowest BCUT2D eigenvalue weighted by molar-refractivity contribution is -0.385. The van der Waals surface area contributed by atoms with Crippen LogP contribution >= 0.6 is 22.6 Å². The third-order valence-electron chi connectivity index (χ3n) is 4.20. The first-order valence-corrected chi connectivity index (χ1v) is 10.7. The number of benzene rings is 2. The van der Waals surface area contributed by atoms with Crippen LogP contribution in [0.25, 0.3) is 0 Å². The van der Waals surface area contributed by atoms with Crippen molar-refractivity contribution in [2.75, 3.05) is 12.0 Å². The number of aromatic nitrogens is 1. The zero-order valence-corrected chi connectivity index (χ0v) is 19.5. The lowest BCUT2D eigenvalue weighted by atomic mass is 10.2. The van der Waals surface area contributed by atoms with E-state index in [0.29, 0.717) is 29.2 Å². The number of pyridine rings is 1. The van der Waals surface area contributed by atoms with Gasteiger partial charge in [-0.1, -0.05) is 12.1 Å². The molecule has 0 fully saturated rings. The molecule has 2 aromatic carbocycles. The van der Waals surface area contributed by atoms with Gasteiger partial charge in [0.05, 0.1) is 26.2 Å². The summed E-state index contributed by atoms with van der Waals surface area (Å²) in [5.74, 6) is 0.991. The summed E-state index contributed by atoms with van der Waals surface area (Å²) < 4.78 is 12.3. The van der Waals surface area contributed by atoms with E-state index in [-0.39, 0.29) is 23.8 Å². The van der Waals surface area contributed by atoms with E-state index < -0.39 is 9.85 Å². The predicted molar refractivity (Wildman–Crippen MR) is 130 cm³/mol. The maximum atomic E-state index is 11.1. The summed E-state index contributed by atoms with van der Waals surface area (Å²) in [6, 6.07) is 12.5. The molecule has 0 spiro atoms. The molecule has 11 nitrogen and oxygen atoms in total. The molecular formula is C21H18IN5O6. The summed E-state index contributed by atoms with van der Waals surface area (Å²) >= 11 is 2.09. The molecule has 12 heteroatoms. The van der Waals surface area contributed by atoms with Gasteiger partial charge in [0.1, 0.15) is 6.61 Å². The second-order valence-corrected chi connectivity index (χ2v) is 7.64. The van der Waals surface area contributed by atoms with Crippen molar-refractivity contribution in [2.45, 2.75) is 13.5 Å². The quantitative estimate of drug-likeness (QED) is 0.159. The van der Waals surface area contributed by atoms with E-state index in [1.54, 1.807) is 24.3 Å². The molecule has 0 saturated carbocycles. The number of hydrazone groups is 1. The molecule has 0 aliphatic heterocycles. The number of rotatable bonds is 10. The number of nitrogens with one attached hydrogen (secondary N) is 1. The Hall–Kier alpha value is -3.81. The molecule has 0 atom stereocenters. The van der Waals surface area contributed by atoms with E-state index in [4.69, 9.17) is 9.47 Å². The van der Waals surface area contributed by atoms with Crippen molar-refractivity contribution in [3.63, 3.8) is 0 Å². The van der Waals surface area contributed by atoms with E-state index >= 15 is 0 Å². The Morgan fingerprint density at radius 1 is 1.12 bits per heavy atom. The zero-order valence-electron chi connectivity index (χ0n) is 17.3. The van der Waals surface area contributed by atoms with Crippen LogP contribution in [0.15, 0.2) is 59.8 Å². The number of ether oxygens (including phenoxy) is 2. The van der Waals surface area contributed by atoms with Crippen molar-refractivity contribution in [1.82, 2.24) is 4.98 Å². The molecule has 0 aliphatic carbocycles. The minimum atomic E-state index is -0.547. The number of non-ortho nitro benzene ring substituents is 1. The van der Waals surface area contributed by atoms with Gasteiger partial charge in [0.2, 0.25) is 5.82 Å². The topological polar surface area (TPSA) is 142 Å². The zero-order chi connectivity index (χ0) is 23.8. The second-order valence-electron chi connectivity index (χ2n) is 6.48. The third-order valence-corrected chi connectivity index (χ3v) is 5.00. The molecule has 0 unspecified atom stereocenters. The summed E-state index contributed by atoms with van der Waals surface area (Å²) in [7, 11) is 0. The summed E-state index contributed by atoms with van der Waals surface area (Å²) in [5, 5.41) is 26.1. The summed E-state index contributed by atoms with van der Waals surface area (Å²) in [4.78, 5) is 25.0. The average molecular weight is 563 g/mol. The van der Waals surface area contributed by atoms with Crippen LogP contribution in [0.3, 0.4) is 0 Å². The number of hydrogen-bond acceptors (Lipinski definition) is 9. The fraction of sp³-hybridized carbons (Fsp3) is 0.143. The highest BCUT2D eigenvalue weighted by Crippen LogP contribution is 2.34. The Labute approximate surface area is 201 Å². The van der Waals surface area contributed by atoms with E-state index in [9.17, 15) is 20.2 Å². The summed E-state index contributed by atoms with van der Waals surface area (Å²) in [5.41, 5.74) is 3.69. The van der Waals surface area contributed by atoms with Crippen LogP contribution in [0, 0.1) is 23.8 Å². The fourth-order valence-corrected chi connectivity index (χ4v) is 3.56. The van der Waals surface area contributed by atoms with Crippen molar-refractivity contribution in [2.24, 2.45) is 5.10 Å². The molecule has 1 N–H and O–H groups in total. The van der Waals surface area contributed by atoms with E-state index in [1.165, 1.54) is 36.7 Å². The Balaban J connectivity index is 1.78. The van der Waals surface area contributed by atoms with E-state index in [1.807, 2.05) is 6.92 Å². The Kier molecular flexibility index (Phi) is 8.07. The van der Waals surface area contributed by atoms with Crippen molar-refractivity contribution in [3.8, 4) is 11.5 Å². The molecule has 0 amide bonds. The maximum Gasteiger partial charge on any atom is 0.313 e. The van der Waals surface area contributed by atoms with Gasteiger partial charge < -0.3 is 9.47 Å². The standard InChI is InChI=1S/C21H18IN5O6/c1-2-32-19-11-15(12-24-25-21-18(27(30)31)7-4-8-23-21)10-17(22)20(19)33-13-14-5-3-6-16(9-14)26(28)29/h3-12H,2,13H2,1H3,(H,23,25)/b24-12-. The maximum absolute atomic E-state index is 11.1. The molecule has 3 rings (SSSR count). The Morgan fingerprint density at radius 3 is 2.67 bits per heavy atom. The van der Waals surface area contributed by atoms with Gasteiger partial charge in [-0.15, -0.1) is 0 Å². The monoisotopic (exact) mass is 563 g/mol. The molecule has 0 bridgehead atoms. The van der Waals surface area contributed by atoms with Gasteiger partial charge >= 0.3 is 5.69 Å². The molecule has 33 heavy (non-hydrogen) atoms. The number of nitro benzene ring substituents is 1. The molecule has 1 heterocycles. The summed E-state index contributed by atoms with van der Waals surface area (Å²) in [6.07, 6.45) is 2.90. The number of anilines is 1. The van der Waals surface area contributed by atoms with E-state index in [0.717, 1.165) is 3.57 Å². The van der Waals surface area contributed by atoms with Gasteiger partial charge in [-0.05, 0) is 58.8 Å². The smallest absolute Gasteiger partial charge is 0.313 e. The van der Waals surface area contributed by atoms with Crippen LogP contribution in [0.5, 0.6) is 11.5 Å². The van der Waals surface area contributed by atoms with Crippen LogP contribution in [0.4, 0.5) is 17.2 Å². The highest BCUT2D eigenvalue weighted by atomic mass is 127. The van der Waals surface area contributed by atoms with Gasteiger partial charge in [-0.25, -0.2) is 4.98 Å². The number of halogens is 1. The lowest BCUT2D eigenvalue weighted by Crippen LogP contribution is -2.03. The normalized spacial score (nSPS) is 10.7. The van der Waals surface area contributed by atoms with E-state index in [2.05, 4.69) is 38.1 Å². The molecule has 0 saturated heterocycles. The highest BCUT2D eigenvalue weighted by Gasteiger charge is 2.15. The Morgan fingerprint density at radius 2 is 1.94 bits per heavy atom. The molecule has 170 valence electrons. The van der Waals surface area contributed by atoms with Crippen LogP contribution in [0.2, 0.25) is 0 Å². The van der Waals surface area contributed by atoms with Gasteiger partial charge in [0.25, 0.3) is 5.69 Å². The van der Waals surface area contributed by atoms with Crippen LogP contribution in [0.1, 0.15) is 18.1 Å². The predicted octanol–water partition coefficient (Wildman–Crippen LogP) is 4.93. The highest BCUT2D eigenvalue weighted by molar-refractivity contribution is 14.1. The second kappa shape index (κ2) is 11.2. The average Bonchev–Trinajstić information content (AvgIpc) is 2.79. The number of hydrogen-bond donors (Lipinski definition) is 1. The van der Waals surface area contributed by atoms with Gasteiger partial charge in [0.15, 0.2) is 11.5 Å². The molecule has 0 radical (unpaired) electrons. The van der Waals surface area contributed by atoms with Gasteiger partial charge in [-0.3, -0.25) is 25.7 Å². The fourth-order valence-electron chi connectivity index (χ4n) is 2.78. The summed E-state index contributed by atoms with van der Waals surface area (Å²) in [6.45, 7) is 2.35. The first-order chi connectivity index (χ1) is 15.9. The van der Waals surface area contributed by atoms with Gasteiger partial charge in [0, 0.05) is 24.4 Å². The third kappa shape index (κ3) is 6.35. The van der Waals surface area contributed by atoms with Crippen LogP contribution < -0.4 is 14.9 Å². The minimum absolute atomic E-state index is 0.0111. The molecule has 3 aromatic rings. The molecule has 1 aromatic heterocycles. The van der Waals surface area contributed by atoms with Crippen molar-refractivity contribution >= 4 is 46.0 Å². The van der Waals surface area contributed by atoms with Gasteiger partial charge in [-0.2, -0.15) is 5.10 Å². The van der Waals surface area contributed by atoms with Crippen molar-refractivity contribution in [3.05, 3.63) is 89.7 Å². The SMILES string of the molecule is CCOc1cc(/C=N\Nc2ncccc2[N+](=O)[O-])cc(I)c1OCc1cccc([N+](=O)[O-])c1. The molecular weight excluding hydrogens is 545 g/mol. The minimum Gasteiger partial charge on any atom is -0.490 e. The Bertz CT molecular complexity index is 1200.